The van der Waals surface area contributed by atoms with Crippen molar-refractivity contribution in [3.8, 4) is 11.1 Å². The maximum absolute atomic E-state index is 11.3. The third-order valence-electron chi connectivity index (χ3n) is 2.97. The number of hydrogen-bond acceptors (Lipinski definition) is 3. The Bertz CT molecular complexity index is 666. The Hall–Kier alpha value is -1.81. The molecule has 2 aromatic carbocycles. The van der Waals surface area contributed by atoms with E-state index < -0.39 is 9.84 Å². The summed E-state index contributed by atoms with van der Waals surface area (Å²) in [6.07, 6.45) is 1.26. The van der Waals surface area contributed by atoms with Gasteiger partial charge in [0.2, 0.25) is 0 Å². The zero-order chi connectivity index (χ0) is 14.6. The monoisotopic (exact) mass is 289 g/mol. The molecular weight excluding hydrogens is 270 g/mol. The van der Waals surface area contributed by atoms with Gasteiger partial charge < -0.3 is 5.32 Å². The summed E-state index contributed by atoms with van der Waals surface area (Å²) in [5, 5.41) is 3.29. The summed E-state index contributed by atoms with van der Waals surface area (Å²) in [6.45, 7) is 1.88. The lowest BCUT2D eigenvalue weighted by molar-refractivity contribution is 0.598. The zero-order valence-electron chi connectivity index (χ0n) is 11.7. The second-order valence-electron chi connectivity index (χ2n) is 5.05. The van der Waals surface area contributed by atoms with Crippen LogP contribution in [0, 0.1) is 0 Å². The molecule has 0 saturated heterocycles. The van der Waals surface area contributed by atoms with Crippen molar-refractivity contribution in [2.24, 2.45) is 0 Å². The SMILES string of the molecule is CC(CS(C)(=O)=O)Nc1ccccc1-c1ccccc1. The van der Waals surface area contributed by atoms with Crippen molar-refractivity contribution in [1.82, 2.24) is 0 Å². The molecular formula is C16H19NO2S. The Morgan fingerprint density at radius 2 is 1.60 bits per heavy atom. The Labute approximate surface area is 120 Å². The predicted molar refractivity (Wildman–Crippen MR) is 84.7 cm³/mol. The topological polar surface area (TPSA) is 46.2 Å². The Morgan fingerprint density at radius 3 is 2.25 bits per heavy atom. The van der Waals surface area contributed by atoms with Crippen LogP contribution < -0.4 is 5.32 Å². The van der Waals surface area contributed by atoms with E-state index in [1.54, 1.807) is 0 Å². The summed E-state index contributed by atoms with van der Waals surface area (Å²) in [6, 6.07) is 17.9. The van der Waals surface area contributed by atoms with Crippen molar-refractivity contribution < 1.29 is 8.42 Å². The van der Waals surface area contributed by atoms with Crippen molar-refractivity contribution in [2.45, 2.75) is 13.0 Å². The lowest BCUT2D eigenvalue weighted by Crippen LogP contribution is -2.25. The molecule has 2 aromatic rings. The van der Waals surface area contributed by atoms with Gasteiger partial charge in [0, 0.05) is 23.5 Å². The molecule has 20 heavy (non-hydrogen) atoms. The first-order valence-corrected chi connectivity index (χ1v) is 8.60. The third-order valence-corrected chi connectivity index (χ3v) is 4.07. The molecule has 0 aromatic heterocycles. The van der Waals surface area contributed by atoms with E-state index in [-0.39, 0.29) is 11.8 Å². The van der Waals surface area contributed by atoms with Gasteiger partial charge in [-0.3, -0.25) is 0 Å². The van der Waals surface area contributed by atoms with Crippen LogP contribution in [0.3, 0.4) is 0 Å². The summed E-state index contributed by atoms with van der Waals surface area (Å²) in [7, 11) is -2.98. The first-order chi connectivity index (χ1) is 9.46. The van der Waals surface area contributed by atoms with E-state index in [1.807, 2.05) is 61.5 Å². The lowest BCUT2D eigenvalue weighted by atomic mass is 10.0. The quantitative estimate of drug-likeness (QED) is 0.919. The van der Waals surface area contributed by atoms with Crippen molar-refractivity contribution in [2.75, 3.05) is 17.3 Å². The largest absolute Gasteiger partial charge is 0.381 e. The molecule has 1 atom stereocenters. The number of anilines is 1. The van der Waals surface area contributed by atoms with E-state index in [4.69, 9.17) is 0 Å². The van der Waals surface area contributed by atoms with Crippen molar-refractivity contribution >= 4 is 15.5 Å². The minimum absolute atomic E-state index is 0.121. The number of sulfone groups is 1. The van der Waals surface area contributed by atoms with E-state index in [2.05, 4.69) is 5.32 Å². The summed E-state index contributed by atoms with van der Waals surface area (Å²) in [5.41, 5.74) is 3.14. The standard InChI is InChI=1S/C16H19NO2S/c1-13(12-20(2,18)19)17-16-11-7-6-10-15(16)14-8-4-3-5-9-14/h3-11,13,17H,12H2,1-2H3. The van der Waals surface area contributed by atoms with Gasteiger partial charge in [0.1, 0.15) is 9.84 Å². The van der Waals surface area contributed by atoms with Gasteiger partial charge in [0.05, 0.1) is 5.75 Å². The van der Waals surface area contributed by atoms with Crippen LogP contribution in [-0.4, -0.2) is 26.5 Å². The molecule has 0 bridgehead atoms. The van der Waals surface area contributed by atoms with E-state index in [0.717, 1.165) is 16.8 Å². The molecule has 106 valence electrons. The van der Waals surface area contributed by atoms with Gasteiger partial charge in [-0.25, -0.2) is 8.42 Å². The second kappa shape index (κ2) is 6.09. The van der Waals surface area contributed by atoms with Crippen LogP contribution in [-0.2, 0) is 9.84 Å². The number of benzene rings is 2. The molecule has 0 aliphatic carbocycles. The normalized spacial score (nSPS) is 12.9. The van der Waals surface area contributed by atoms with E-state index in [1.165, 1.54) is 6.26 Å². The second-order valence-corrected chi connectivity index (χ2v) is 7.23. The van der Waals surface area contributed by atoms with Gasteiger partial charge in [-0.05, 0) is 18.6 Å². The van der Waals surface area contributed by atoms with Crippen LogP contribution in [0.2, 0.25) is 0 Å². The third kappa shape index (κ3) is 4.10. The van der Waals surface area contributed by atoms with Crippen LogP contribution in [0.4, 0.5) is 5.69 Å². The van der Waals surface area contributed by atoms with E-state index in [9.17, 15) is 8.42 Å². The highest BCUT2D eigenvalue weighted by Crippen LogP contribution is 2.28. The number of para-hydroxylation sites is 1. The molecule has 0 spiro atoms. The van der Waals surface area contributed by atoms with Gasteiger partial charge >= 0.3 is 0 Å². The Morgan fingerprint density at radius 1 is 1.00 bits per heavy atom. The predicted octanol–water partition coefficient (Wildman–Crippen LogP) is 3.20. The summed E-state index contributed by atoms with van der Waals surface area (Å²) < 4.78 is 22.7. The van der Waals surface area contributed by atoms with Crippen LogP contribution >= 0.6 is 0 Å². The fourth-order valence-electron chi connectivity index (χ4n) is 2.24. The van der Waals surface area contributed by atoms with Gasteiger partial charge in [-0.15, -0.1) is 0 Å². The highest BCUT2D eigenvalue weighted by atomic mass is 32.2. The summed E-state index contributed by atoms with van der Waals surface area (Å²) >= 11 is 0. The van der Waals surface area contributed by atoms with Gasteiger partial charge in [0.15, 0.2) is 0 Å². The summed E-state index contributed by atoms with van der Waals surface area (Å²) in [5.74, 6) is 0.121. The molecule has 2 rings (SSSR count). The average molecular weight is 289 g/mol. The molecule has 1 unspecified atom stereocenters. The maximum atomic E-state index is 11.3. The van der Waals surface area contributed by atoms with E-state index >= 15 is 0 Å². The molecule has 4 heteroatoms. The maximum Gasteiger partial charge on any atom is 0.149 e. The first-order valence-electron chi connectivity index (χ1n) is 6.54. The fourth-order valence-corrected chi connectivity index (χ4v) is 3.23. The molecule has 0 aliphatic heterocycles. The van der Waals surface area contributed by atoms with Crippen molar-refractivity contribution in [3.63, 3.8) is 0 Å². The molecule has 3 nitrogen and oxygen atoms in total. The van der Waals surface area contributed by atoms with Crippen LogP contribution in [0.1, 0.15) is 6.92 Å². The lowest BCUT2D eigenvalue weighted by Gasteiger charge is -2.17. The van der Waals surface area contributed by atoms with Gasteiger partial charge in [-0.1, -0.05) is 48.5 Å². The zero-order valence-corrected chi connectivity index (χ0v) is 12.5. The minimum atomic E-state index is -2.98. The highest BCUT2D eigenvalue weighted by molar-refractivity contribution is 7.90. The fraction of sp³-hybridized carbons (Fsp3) is 0.250. The van der Waals surface area contributed by atoms with Crippen molar-refractivity contribution in [3.05, 3.63) is 54.6 Å². The average Bonchev–Trinajstić information content (AvgIpc) is 2.38. The molecule has 0 saturated carbocycles. The Kier molecular flexibility index (Phi) is 4.45. The van der Waals surface area contributed by atoms with Crippen molar-refractivity contribution in [1.29, 1.82) is 0 Å². The minimum Gasteiger partial charge on any atom is -0.381 e. The number of rotatable bonds is 5. The molecule has 1 N–H and O–H groups in total. The molecule has 0 heterocycles. The number of hydrogen-bond donors (Lipinski definition) is 1. The highest BCUT2D eigenvalue weighted by Gasteiger charge is 2.12. The van der Waals surface area contributed by atoms with Crippen LogP contribution in [0.25, 0.3) is 11.1 Å². The van der Waals surface area contributed by atoms with Gasteiger partial charge in [0.25, 0.3) is 0 Å². The molecule has 0 fully saturated rings. The molecule has 0 radical (unpaired) electrons. The smallest absolute Gasteiger partial charge is 0.149 e. The van der Waals surface area contributed by atoms with Crippen LogP contribution in [0.15, 0.2) is 54.6 Å². The molecule has 0 amide bonds. The van der Waals surface area contributed by atoms with Gasteiger partial charge in [-0.2, -0.15) is 0 Å². The number of nitrogens with one attached hydrogen (secondary N) is 1. The summed E-state index contributed by atoms with van der Waals surface area (Å²) in [4.78, 5) is 0. The van der Waals surface area contributed by atoms with E-state index in [0.29, 0.717) is 0 Å². The first kappa shape index (κ1) is 14.6. The van der Waals surface area contributed by atoms with Crippen LogP contribution in [0.5, 0.6) is 0 Å². The molecule has 0 aliphatic rings. The Balaban J connectivity index is 2.25.